The highest BCUT2D eigenvalue weighted by Crippen LogP contribution is 2.12. The van der Waals surface area contributed by atoms with E-state index in [0.29, 0.717) is 11.7 Å². The summed E-state index contributed by atoms with van der Waals surface area (Å²) in [6.07, 6.45) is 4.11. The highest BCUT2D eigenvalue weighted by atomic mass is 16.2. The zero-order chi connectivity index (χ0) is 12.8. The lowest BCUT2D eigenvalue weighted by molar-refractivity contribution is 0.0786. The van der Waals surface area contributed by atoms with Crippen molar-refractivity contribution in [2.45, 2.75) is 46.6 Å². The highest BCUT2D eigenvalue weighted by Gasteiger charge is 2.21. The normalized spacial score (nSPS) is 14.8. The van der Waals surface area contributed by atoms with Crippen LogP contribution in [-0.2, 0) is 0 Å². The lowest BCUT2D eigenvalue weighted by Gasteiger charge is -2.13. The van der Waals surface area contributed by atoms with Crippen molar-refractivity contribution < 1.29 is 4.79 Å². The maximum Gasteiger partial charge on any atom is 0.274 e. The average molecular weight is 237 g/mol. The van der Waals surface area contributed by atoms with Crippen molar-refractivity contribution in [3.63, 3.8) is 0 Å². The van der Waals surface area contributed by atoms with Gasteiger partial charge in [0.05, 0.1) is 0 Å². The Kier molecular flexibility index (Phi) is 5.19. The molecule has 4 nitrogen and oxygen atoms in total. The Balaban J connectivity index is 0.000000686. The van der Waals surface area contributed by atoms with Crippen molar-refractivity contribution in [1.82, 2.24) is 14.7 Å². The van der Waals surface area contributed by atoms with Gasteiger partial charge in [-0.05, 0) is 32.8 Å². The first-order valence-corrected chi connectivity index (χ1v) is 6.53. The van der Waals surface area contributed by atoms with Crippen LogP contribution in [0.25, 0.3) is 0 Å². The summed E-state index contributed by atoms with van der Waals surface area (Å²) < 4.78 is 1.82. The smallest absolute Gasteiger partial charge is 0.274 e. The molecular weight excluding hydrogens is 214 g/mol. The maximum absolute atomic E-state index is 11.9. The number of hydrogen-bond donors (Lipinski definition) is 0. The fourth-order valence-corrected chi connectivity index (χ4v) is 1.82. The van der Waals surface area contributed by atoms with Gasteiger partial charge in [0.15, 0.2) is 0 Å². The summed E-state index contributed by atoms with van der Waals surface area (Å²) in [5, 5.41) is 4.28. The van der Waals surface area contributed by atoms with E-state index in [1.165, 1.54) is 0 Å². The lowest BCUT2D eigenvalue weighted by Crippen LogP contribution is -2.28. The van der Waals surface area contributed by atoms with E-state index in [9.17, 15) is 4.79 Å². The first kappa shape index (κ1) is 13.7. The van der Waals surface area contributed by atoms with Gasteiger partial charge in [0.1, 0.15) is 5.69 Å². The van der Waals surface area contributed by atoms with E-state index in [1.807, 2.05) is 29.6 Å². The number of hydrogen-bond acceptors (Lipinski definition) is 2. The van der Waals surface area contributed by atoms with E-state index in [0.717, 1.165) is 25.9 Å². The van der Waals surface area contributed by atoms with E-state index in [-0.39, 0.29) is 5.91 Å². The van der Waals surface area contributed by atoms with Gasteiger partial charge in [0, 0.05) is 25.3 Å². The SMILES string of the molecule is CC.CC(C)n1ccc(C(=O)N2CCCC2)n1. The van der Waals surface area contributed by atoms with Crippen LogP contribution in [0.3, 0.4) is 0 Å². The van der Waals surface area contributed by atoms with Crippen LogP contribution >= 0.6 is 0 Å². The third-order valence-corrected chi connectivity index (χ3v) is 2.75. The van der Waals surface area contributed by atoms with E-state index in [1.54, 1.807) is 6.07 Å². The van der Waals surface area contributed by atoms with Crippen LogP contribution in [0.4, 0.5) is 0 Å². The van der Waals surface area contributed by atoms with E-state index < -0.39 is 0 Å². The van der Waals surface area contributed by atoms with Gasteiger partial charge in [-0.15, -0.1) is 0 Å². The summed E-state index contributed by atoms with van der Waals surface area (Å²) >= 11 is 0. The average Bonchev–Trinajstić information content (AvgIpc) is 3.02. The summed E-state index contributed by atoms with van der Waals surface area (Å²) in [6.45, 7) is 9.87. The molecule has 0 aromatic carbocycles. The van der Waals surface area contributed by atoms with Gasteiger partial charge < -0.3 is 4.90 Å². The number of rotatable bonds is 2. The quantitative estimate of drug-likeness (QED) is 0.793. The van der Waals surface area contributed by atoms with Gasteiger partial charge in [0.25, 0.3) is 5.91 Å². The highest BCUT2D eigenvalue weighted by molar-refractivity contribution is 5.92. The van der Waals surface area contributed by atoms with Crippen LogP contribution in [0.1, 0.15) is 57.1 Å². The second kappa shape index (κ2) is 6.42. The fraction of sp³-hybridized carbons (Fsp3) is 0.692. The summed E-state index contributed by atoms with van der Waals surface area (Å²) in [5.41, 5.74) is 0.575. The fourth-order valence-electron chi connectivity index (χ4n) is 1.82. The predicted octanol–water partition coefficient (Wildman–Crippen LogP) is 2.73. The molecule has 0 N–H and O–H groups in total. The minimum atomic E-state index is 0.0758. The summed E-state index contributed by atoms with van der Waals surface area (Å²) in [6, 6.07) is 2.12. The third kappa shape index (κ3) is 3.32. The predicted molar refractivity (Wildman–Crippen MR) is 69.1 cm³/mol. The molecule has 2 rings (SSSR count). The number of aromatic nitrogens is 2. The van der Waals surface area contributed by atoms with Crippen molar-refractivity contribution in [2.75, 3.05) is 13.1 Å². The van der Waals surface area contributed by atoms with Crippen molar-refractivity contribution in [3.8, 4) is 0 Å². The van der Waals surface area contributed by atoms with Crippen molar-refractivity contribution in [1.29, 1.82) is 0 Å². The van der Waals surface area contributed by atoms with Gasteiger partial charge >= 0.3 is 0 Å². The molecule has 4 heteroatoms. The van der Waals surface area contributed by atoms with Crippen LogP contribution in [-0.4, -0.2) is 33.7 Å². The Morgan fingerprint density at radius 1 is 1.29 bits per heavy atom. The van der Waals surface area contributed by atoms with Crippen LogP contribution in [0, 0.1) is 0 Å². The molecule has 0 atom stereocenters. The monoisotopic (exact) mass is 237 g/mol. The molecule has 1 amide bonds. The molecule has 1 aliphatic rings. The first-order valence-electron chi connectivity index (χ1n) is 6.53. The molecule has 1 aromatic heterocycles. The van der Waals surface area contributed by atoms with Gasteiger partial charge in [0.2, 0.25) is 0 Å². The molecule has 0 unspecified atom stereocenters. The lowest BCUT2D eigenvalue weighted by atomic mass is 10.4. The third-order valence-electron chi connectivity index (χ3n) is 2.75. The van der Waals surface area contributed by atoms with Gasteiger partial charge in [-0.25, -0.2) is 0 Å². The van der Waals surface area contributed by atoms with Crippen molar-refractivity contribution in [2.24, 2.45) is 0 Å². The molecule has 0 spiro atoms. The second-order valence-electron chi connectivity index (χ2n) is 4.27. The molecule has 0 radical (unpaired) electrons. The van der Waals surface area contributed by atoms with Crippen LogP contribution in [0.15, 0.2) is 12.3 Å². The van der Waals surface area contributed by atoms with Gasteiger partial charge in [-0.3, -0.25) is 9.48 Å². The summed E-state index contributed by atoms with van der Waals surface area (Å²) in [4.78, 5) is 13.8. The zero-order valence-corrected chi connectivity index (χ0v) is 11.3. The second-order valence-corrected chi connectivity index (χ2v) is 4.27. The van der Waals surface area contributed by atoms with Gasteiger partial charge in [-0.2, -0.15) is 5.10 Å². The molecule has 1 saturated heterocycles. The molecule has 2 heterocycles. The zero-order valence-electron chi connectivity index (χ0n) is 11.3. The van der Waals surface area contributed by atoms with E-state index in [4.69, 9.17) is 0 Å². The number of amides is 1. The topological polar surface area (TPSA) is 38.1 Å². The largest absolute Gasteiger partial charge is 0.337 e. The standard InChI is InChI=1S/C11H17N3O.C2H6/c1-9(2)14-8-5-10(12-14)11(15)13-6-3-4-7-13;1-2/h5,8-9H,3-4,6-7H2,1-2H3;1-2H3. The minimum absolute atomic E-state index is 0.0758. The molecule has 17 heavy (non-hydrogen) atoms. The van der Waals surface area contributed by atoms with E-state index >= 15 is 0 Å². The molecular formula is C13H23N3O. The number of likely N-dealkylation sites (tertiary alicyclic amines) is 1. The van der Waals surface area contributed by atoms with Gasteiger partial charge in [-0.1, -0.05) is 13.8 Å². The van der Waals surface area contributed by atoms with Crippen LogP contribution in [0.5, 0.6) is 0 Å². The minimum Gasteiger partial charge on any atom is -0.337 e. The number of carbonyl (C=O) groups excluding carboxylic acids is 1. The Hall–Kier alpha value is -1.32. The first-order chi connectivity index (χ1) is 8.18. The van der Waals surface area contributed by atoms with E-state index in [2.05, 4.69) is 18.9 Å². The van der Waals surface area contributed by atoms with Crippen molar-refractivity contribution >= 4 is 5.91 Å². The Bertz CT molecular complexity index is 351. The Labute approximate surface area is 104 Å². The molecule has 0 aliphatic carbocycles. The van der Waals surface area contributed by atoms with Crippen molar-refractivity contribution in [3.05, 3.63) is 18.0 Å². The molecule has 1 aliphatic heterocycles. The number of carbonyl (C=O) groups is 1. The van der Waals surface area contributed by atoms with Crippen LogP contribution in [0.2, 0.25) is 0 Å². The number of nitrogens with zero attached hydrogens (tertiary/aromatic N) is 3. The molecule has 1 aromatic rings. The summed E-state index contributed by atoms with van der Waals surface area (Å²) in [7, 11) is 0. The molecule has 0 saturated carbocycles. The summed E-state index contributed by atoms with van der Waals surface area (Å²) in [5.74, 6) is 0.0758. The Morgan fingerprint density at radius 3 is 2.35 bits per heavy atom. The molecule has 0 bridgehead atoms. The van der Waals surface area contributed by atoms with Crippen LogP contribution < -0.4 is 0 Å². The Morgan fingerprint density at radius 2 is 1.88 bits per heavy atom. The molecule has 96 valence electrons. The molecule has 1 fully saturated rings. The maximum atomic E-state index is 11.9.